The summed E-state index contributed by atoms with van der Waals surface area (Å²) < 4.78 is 6.06. The van der Waals surface area contributed by atoms with E-state index in [0.717, 1.165) is 39.1 Å². The zero-order valence-electron chi connectivity index (χ0n) is 12.0. The number of hydrogen-bond acceptors (Lipinski definition) is 3. The molecule has 3 heteroatoms. The van der Waals surface area contributed by atoms with Crippen LogP contribution in [0.2, 0.25) is 0 Å². The molecular formula is C15H28N2O. The Morgan fingerprint density at radius 3 is 2.72 bits per heavy atom. The van der Waals surface area contributed by atoms with Crippen molar-refractivity contribution in [3.05, 3.63) is 0 Å². The zero-order valence-corrected chi connectivity index (χ0v) is 12.0. The average Bonchev–Trinajstić information content (AvgIpc) is 2.78. The molecule has 0 amide bonds. The SMILES string of the molecule is C#CCN(CCC)CC1CCC(CNCCC)O1. The smallest absolute Gasteiger partial charge is 0.0707 e. The number of nitrogens with zero attached hydrogens (tertiary/aromatic N) is 1. The quantitative estimate of drug-likeness (QED) is 0.501. The lowest BCUT2D eigenvalue weighted by molar-refractivity contribution is 0.0259. The van der Waals surface area contributed by atoms with Crippen molar-refractivity contribution >= 4 is 0 Å². The van der Waals surface area contributed by atoms with Crippen LogP contribution in [0.5, 0.6) is 0 Å². The fourth-order valence-electron chi connectivity index (χ4n) is 2.47. The Morgan fingerprint density at radius 1 is 1.28 bits per heavy atom. The lowest BCUT2D eigenvalue weighted by atomic mass is 10.2. The summed E-state index contributed by atoms with van der Waals surface area (Å²) in [4.78, 5) is 2.33. The first-order valence-electron chi connectivity index (χ1n) is 7.32. The van der Waals surface area contributed by atoms with Gasteiger partial charge in [-0.25, -0.2) is 0 Å². The third-order valence-corrected chi connectivity index (χ3v) is 3.31. The van der Waals surface area contributed by atoms with E-state index in [-0.39, 0.29) is 0 Å². The van der Waals surface area contributed by atoms with E-state index < -0.39 is 0 Å². The molecule has 2 atom stereocenters. The van der Waals surface area contributed by atoms with E-state index in [9.17, 15) is 0 Å². The van der Waals surface area contributed by atoms with Gasteiger partial charge in [0.2, 0.25) is 0 Å². The molecule has 1 fully saturated rings. The standard InChI is InChI=1S/C15H28N2O/c1-4-9-16-12-14-7-8-15(18-14)13-17(10-5-2)11-6-3/h2,14-16H,4,6-13H2,1,3H3. The van der Waals surface area contributed by atoms with Crippen molar-refractivity contribution in [3.8, 4) is 12.3 Å². The van der Waals surface area contributed by atoms with Gasteiger partial charge in [0.05, 0.1) is 18.8 Å². The summed E-state index contributed by atoms with van der Waals surface area (Å²) in [5.74, 6) is 2.74. The first-order valence-corrected chi connectivity index (χ1v) is 7.32. The van der Waals surface area contributed by atoms with E-state index in [1.165, 1.54) is 19.3 Å². The van der Waals surface area contributed by atoms with Gasteiger partial charge in [0.15, 0.2) is 0 Å². The van der Waals surface area contributed by atoms with E-state index >= 15 is 0 Å². The van der Waals surface area contributed by atoms with Crippen molar-refractivity contribution in [1.29, 1.82) is 0 Å². The normalized spacial score (nSPS) is 23.4. The van der Waals surface area contributed by atoms with Gasteiger partial charge in [-0.05, 0) is 38.8 Å². The van der Waals surface area contributed by atoms with Crippen LogP contribution in [0.1, 0.15) is 39.5 Å². The molecule has 0 aromatic carbocycles. The molecule has 1 aliphatic heterocycles. The predicted molar refractivity (Wildman–Crippen MR) is 76.6 cm³/mol. The van der Waals surface area contributed by atoms with E-state index in [1.54, 1.807) is 0 Å². The Hall–Kier alpha value is -0.560. The molecule has 0 aromatic heterocycles. The molecule has 18 heavy (non-hydrogen) atoms. The fraction of sp³-hybridized carbons (Fsp3) is 0.867. The molecule has 1 heterocycles. The molecule has 104 valence electrons. The zero-order chi connectivity index (χ0) is 13.2. The average molecular weight is 252 g/mol. The van der Waals surface area contributed by atoms with Crippen molar-refractivity contribution in [2.75, 3.05) is 32.7 Å². The molecule has 0 aromatic rings. The molecule has 1 N–H and O–H groups in total. The molecule has 1 saturated heterocycles. The van der Waals surface area contributed by atoms with Crippen LogP contribution >= 0.6 is 0 Å². The van der Waals surface area contributed by atoms with Gasteiger partial charge >= 0.3 is 0 Å². The van der Waals surface area contributed by atoms with Gasteiger partial charge in [0.25, 0.3) is 0 Å². The summed E-state index contributed by atoms with van der Waals surface area (Å²) in [5, 5.41) is 3.43. The van der Waals surface area contributed by atoms with Crippen molar-refractivity contribution in [3.63, 3.8) is 0 Å². The first kappa shape index (κ1) is 15.5. The second-order valence-electron chi connectivity index (χ2n) is 5.10. The molecule has 0 radical (unpaired) electrons. The van der Waals surface area contributed by atoms with E-state index in [1.807, 2.05) is 0 Å². The highest BCUT2D eigenvalue weighted by Crippen LogP contribution is 2.20. The Labute approximate surface area is 112 Å². The van der Waals surface area contributed by atoms with Gasteiger partial charge in [0.1, 0.15) is 0 Å². The maximum Gasteiger partial charge on any atom is 0.0707 e. The van der Waals surface area contributed by atoms with Gasteiger partial charge in [-0.1, -0.05) is 19.8 Å². The van der Waals surface area contributed by atoms with Crippen LogP contribution in [0.15, 0.2) is 0 Å². The van der Waals surface area contributed by atoms with E-state index in [4.69, 9.17) is 11.2 Å². The summed E-state index contributed by atoms with van der Waals surface area (Å²) in [7, 11) is 0. The van der Waals surface area contributed by atoms with Crippen LogP contribution in [0.4, 0.5) is 0 Å². The molecule has 0 bridgehead atoms. The minimum atomic E-state index is 0.373. The molecular weight excluding hydrogens is 224 g/mol. The van der Waals surface area contributed by atoms with Crippen molar-refractivity contribution in [1.82, 2.24) is 10.2 Å². The first-order chi connectivity index (χ1) is 8.80. The van der Waals surface area contributed by atoms with Crippen LogP contribution in [0, 0.1) is 12.3 Å². The van der Waals surface area contributed by atoms with E-state index in [0.29, 0.717) is 12.2 Å². The second-order valence-corrected chi connectivity index (χ2v) is 5.10. The highest BCUT2D eigenvalue weighted by Gasteiger charge is 2.26. The highest BCUT2D eigenvalue weighted by molar-refractivity contribution is 4.89. The van der Waals surface area contributed by atoms with Crippen LogP contribution in [0.25, 0.3) is 0 Å². The van der Waals surface area contributed by atoms with Crippen LogP contribution in [0.3, 0.4) is 0 Å². The monoisotopic (exact) mass is 252 g/mol. The van der Waals surface area contributed by atoms with Gasteiger partial charge in [-0.15, -0.1) is 6.42 Å². The number of rotatable bonds is 9. The van der Waals surface area contributed by atoms with Gasteiger partial charge in [0, 0.05) is 13.1 Å². The third kappa shape index (κ3) is 5.86. The van der Waals surface area contributed by atoms with Gasteiger partial charge < -0.3 is 10.1 Å². The summed E-state index contributed by atoms with van der Waals surface area (Å²) in [6.45, 7) is 9.26. The fourth-order valence-corrected chi connectivity index (χ4v) is 2.47. The Bertz CT molecular complexity index is 249. The lowest BCUT2D eigenvalue weighted by Crippen LogP contribution is -2.34. The maximum atomic E-state index is 6.06. The molecule has 0 saturated carbocycles. The van der Waals surface area contributed by atoms with Crippen molar-refractivity contribution in [2.24, 2.45) is 0 Å². The topological polar surface area (TPSA) is 24.5 Å². The highest BCUT2D eigenvalue weighted by atomic mass is 16.5. The van der Waals surface area contributed by atoms with Gasteiger partial charge in [-0.2, -0.15) is 0 Å². The largest absolute Gasteiger partial charge is 0.372 e. The minimum absolute atomic E-state index is 0.373. The molecule has 0 aliphatic carbocycles. The molecule has 2 unspecified atom stereocenters. The number of hydrogen-bond donors (Lipinski definition) is 1. The number of terminal acetylenes is 1. The Morgan fingerprint density at radius 2 is 2.06 bits per heavy atom. The second kappa shape index (κ2) is 9.38. The van der Waals surface area contributed by atoms with Crippen LogP contribution in [-0.2, 0) is 4.74 Å². The molecule has 1 rings (SSSR count). The molecule has 0 spiro atoms. The molecule has 1 aliphatic rings. The number of ether oxygens (including phenoxy) is 1. The van der Waals surface area contributed by atoms with Crippen LogP contribution in [-0.4, -0.2) is 49.8 Å². The predicted octanol–water partition coefficient (Wildman–Crippen LogP) is 1.88. The Kier molecular flexibility index (Phi) is 8.08. The summed E-state index contributed by atoms with van der Waals surface area (Å²) in [6.07, 6.45) is 10.9. The summed E-state index contributed by atoms with van der Waals surface area (Å²) in [5.41, 5.74) is 0. The van der Waals surface area contributed by atoms with E-state index in [2.05, 4.69) is 30.0 Å². The van der Waals surface area contributed by atoms with Crippen molar-refractivity contribution < 1.29 is 4.74 Å². The summed E-state index contributed by atoms with van der Waals surface area (Å²) in [6, 6.07) is 0. The van der Waals surface area contributed by atoms with Crippen LogP contribution < -0.4 is 5.32 Å². The maximum absolute atomic E-state index is 6.06. The van der Waals surface area contributed by atoms with Crippen molar-refractivity contribution in [2.45, 2.75) is 51.7 Å². The lowest BCUT2D eigenvalue weighted by Gasteiger charge is -2.23. The third-order valence-electron chi connectivity index (χ3n) is 3.31. The Balaban J connectivity index is 2.21. The minimum Gasteiger partial charge on any atom is -0.372 e. The molecule has 3 nitrogen and oxygen atoms in total. The summed E-state index contributed by atoms with van der Waals surface area (Å²) >= 11 is 0. The number of nitrogens with one attached hydrogen (secondary N) is 1. The van der Waals surface area contributed by atoms with Gasteiger partial charge in [-0.3, -0.25) is 4.90 Å².